The summed E-state index contributed by atoms with van der Waals surface area (Å²) in [6, 6.07) is 3.70. The number of benzene rings is 1. The standard InChI is InChI=1S/C25H33BrN6O4S/c1-5-29-22-20(21(27)28)31-23(37-19-12-18-17(11-15(19)26)34-13-35-18)32(22)10-9-16(14-7-6-8-14)30-24(33)36-25(2,3)4/h5,11-12,14,16,29H,1,6-10,13H2,2-4H3,(H3,27,28)(H,30,33). The lowest BCUT2D eigenvalue weighted by Gasteiger charge is -2.35. The highest BCUT2D eigenvalue weighted by Gasteiger charge is 2.31. The Hall–Kier alpha value is -2.86. The molecule has 4 rings (SSSR count). The molecule has 1 atom stereocenters. The van der Waals surface area contributed by atoms with Crippen LogP contribution in [0.15, 0.2) is 39.4 Å². The molecule has 0 saturated heterocycles. The second-order valence-corrected chi connectivity index (χ2v) is 11.8. The van der Waals surface area contributed by atoms with Gasteiger partial charge in [0.1, 0.15) is 22.9 Å². The van der Waals surface area contributed by atoms with Crippen LogP contribution in [0.5, 0.6) is 11.5 Å². The zero-order chi connectivity index (χ0) is 26.7. The number of aromatic nitrogens is 2. The van der Waals surface area contributed by atoms with Crippen LogP contribution in [0.3, 0.4) is 0 Å². The molecule has 1 fully saturated rings. The summed E-state index contributed by atoms with van der Waals surface area (Å²) in [6.07, 6.45) is 5.05. The van der Waals surface area contributed by atoms with Crippen LogP contribution in [-0.4, -0.2) is 39.9 Å². The van der Waals surface area contributed by atoms with Gasteiger partial charge in [-0.25, -0.2) is 9.78 Å². The molecule has 2 aliphatic rings. The monoisotopic (exact) mass is 592 g/mol. The van der Waals surface area contributed by atoms with E-state index >= 15 is 0 Å². The topological polar surface area (TPSA) is 137 Å². The minimum atomic E-state index is -0.572. The molecule has 0 radical (unpaired) electrons. The number of hydrogen-bond acceptors (Lipinski definition) is 8. The van der Waals surface area contributed by atoms with Crippen molar-refractivity contribution in [3.63, 3.8) is 0 Å². The highest BCUT2D eigenvalue weighted by atomic mass is 79.9. The Morgan fingerprint density at radius 1 is 1.41 bits per heavy atom. The van der Waals surface area contributed by atoms with Crippen molar-refractivity contribution in [2.75, 3.05) is 12.1 Å². The fourth-order valence-electron chi connectivity index (χ4n) is 4.22. The number of nitrogens with one attached hydrogen (secondary N) is 3. The molecule has 2 heterocycles. The van der Waals surface area contributed by atoms with Gasteiger partial charge in [-0.15, -0.1) is 0 Å². The van der Waals surface area contributed by atoms with Gasteiger partial charge in [-0.05, 0) is 80.2 Å². The zero-order valence-electron chi connectivity index (χ0n) is 21.2. The van der Waals surface area contributed by atoms with Gasteiger partial charge in [0.15, 0.2) is 16.7 Å². The number of carbonyl (C=O) groups is 1. The number of amides is 1. The van der Waals surface area contributed by atoms with Gasteiger partial charge >= 0.3 is 6.09 Å². The molecule has 2 aromatic rings. The molecular weight excluding hydrogens is 560 g/mol. The largest absolute Gasteiger partial charge is 0.454 e. The lowest BCUT2D eigenvalue weighted by Crippen LogP contribution is -2.45. The second-order valence-electron chi connectivity index (χ2n) is 9.98. The first kappa shape index (κ1) is 27.2. The molecule has 10 nitrogen and oxygen atoms in total. The Kier molecular flexibility index (Phi) is 8.27. The molecule has 1 amide bonds. The van der Waals surface area contributed by atoms with Crippen LogP contribution in [0.25, 0.3) is 0 Å². The predicted molar refractivity (Wildman–Crippen MR) is 147 cm³/mol. The summed E-state index contributed by atoms with van der Waals surface area (Å²) in [5.41, 5.74) is 5.65. The SMILES string of the molecule is C=CNc1c(C(=N)N)nc(Sc2cc3c(cc2Br)OCO3)n1CCC(NC(=O)OC(C)(C)C)C1CCC1. The van der Waals surface area contributed by atoms with Crippen LogP contribution in [0.1, 0.15) is 52.1 Å². The number of ether oxygens (including phenoxy) is 3. The summed E-state index contributed by atoms with van der Waals surface area (Å²) in [4.78, 5) is 18.1. The summed E-state index contributed by atoms with van der Waals surface area (Å²) in [7, 11) is 0. The van der Waals surface area contributed by atoms with Crippen LogP contribution >= 0.6 is 27.7 Å². The molecule has 1 saturated carbocycles. The highest BCUT2D eigenvalue weighted by Crippen LogP contribution is 2.43. The van der Waals surface area contributed by atoms with Crippen LogP contribution in [0.4, 0.5) is 10.6 Å². The maximum atomic E-state index is 12.6. The number of rotatable bonds is 10. The molecule has 37 heavy (non-hydrogen) atoms. The quantitative estimate of drug-likeness (QED) is 0.211. The second kappa shape index (κ2) is 11.3. The van der Waals surface area contributed by atoms with Crippen LogP contribution in [0.2, 0.25) is 0 Å². The van der Waals surface area contributed by atoms with E-state index < -0.39 is 11.7 Å². The van der Waals surface area contributed by atoms with Gasteiger partial charge < -0.3 is 35.1 Å². The van der Waals surface area contributed by atoms with Crippen molar-refractivity contribution >= 4 is 45.4 Å². The van der Waals surface area contributed by atoms with Gasteiger partial charge in [-0.1, -0.05) is 24.8 Å². The van der Waals surface area contributed by atoms with E-state index in [-0.39, 0.29) is 18.7 Å². The summed E-state index contributed by atoms with van der Waals surface area (Å²) in [6.45, 7) is 10.0. The van der Waals surface area contributed by atoms with E-state index in [1.54, 1.807) is 0 Å². The first-order chi connectivity index (χ1) is 17.6. The lowest BCUT2D eigenvalue weighted by atomic mass is 9.78. The average Bonchev–Trinajstić information content (AvgIpc) is 3.34. The maximum Gasteiger partial charge on any atom is 0.407 e. The Bertz CT molecular complexity index is 1190. The molecule has 1 unspecified atom stereocenters. The van der Waals surface area contributed by atoms with E-state index in [4.69, 9.17) is 25.4 Å². The number of nitrogens with two attached hydrogens (primary N) is 1. The molecule has 12 heteroatoms. The third kappa shape index (κ3) is 6.53. The molecule has 1 aliphatic carbocycles. The van der Waals surface area contributed by atoms with Crippen molar-refractivity contribution in [2.45, 2.75) is 74.7 Å². The molecule has 200 valence electrons. The normalized spacial score (nSPS) is 15.6. The number of halogens is 1. The van der Waals surface area contributed by atoms with Crippen molar-refractivity contribution in [3.05, 3.63) is 35.1 Å². The molecule has 1 aromatic carbocycles. The van der Waals surface area contributed by atoms with Gasteiger partial charge in [0.05, 0.1) is 0 Å². The van der Waals surface area contributed by atoms with Crippen LogP contribution < -0.4 is 25.8 Å². The Labute approximate surface area is 229 Å². The molecule has 1 aliphatic heterocycles. The van der Waals surface area contributed by atoms with Crippen molar-refractivity contribution in [1.29, 1.82) is 5.41 Å². The van der Waals surface area contributed by atoms with E-state index in [2.05, 4.69) is 38.1 Å². The zero-order valence-corrected chi connectivity index (χ0v) is 23.6. The number of hydrogen-bond donors (Lipinski definition) is 4. The number of nitrogen functional groups attached to an aromatic ring is 1. The highest BCUT2D eigenvalue weighted by molar-refractivity contribution is 9.10. The van der Waals surface area contributed by atoms with Gasteiger partial charge in [-0.2, -0.15) is 0 Å². The fraction of sp³-hybridized carbons (Fsp3) is 0.480. The van der Waals surface area contributed by atoms with E-state index in [1.165, 1.54) is 18.0 Å². The minimum absolute atomic E-state index is 0.0570. The van der Waals surface area contributed by atoms with Gasteiger partial charge in [0, 0.05) is 22.0 Å². The maximum absolute atomic E-state index is 12.6. The van der Waals surface area contributed by atoms with E-state index in [0.717, 1.165) is 28.6 Å². The summed E-state index contributed by atoms with van der Waals surface area (Å²) in [5.74, 6) is 2.14. The van der Waals surface area contributed by atoms with Gasteiger partial charge in [-0.3, -0.25) is 5.41 Å². The molecular formula is C25H33BrN6O4S. The van der Waals surface area contributed by atoms with E-state index in [1.807, 2.05) is 37.5 Å². The average molecular weight is 594 g/mol. The van der Waals surface area contributed by atoms with Crippen molar-refractivity contribution < 1.29 is 19.0 Å². The first-order valence-corrected chi connectivity index (χ1v) is 13.8. The lowest BCUT2D eigenvalue weighted by molar-refractivity contribution is 0.0458. The molecule has 0 spiro atoms. The van der Waals surface area contributed by atoms with Crippen LogP contribution in [-0.2, 0) is 11.3 Å². The number of imidazole rings is 1. The van der Waals surface area contributed by atoms with Crippen molar-refractivity contribution in [2.24, 2.45) is 11.7 Å². The minimum Gasteiger partial charge on any atom is -0.454 e. The molecule has 0 bridgehead atoms. The van der Waals surface area contributed by atoms with Gasteiger partial charge in [0.2, 0.25) is 6.79 Å². The van der Waals surface area contributed by atoms with Crippen LogP contribution in [0, 0.1) is 11.3 Å². The smallest absolute Gasteiger partial charge is 0.407 e. The molecule has 5 N–H and O–H groups in total. The number of carbonyl (C=O) groups excluding carboxylic acids is 1. The number of nitrogens with zero attached hydrogens (tertiary/aromatic N) is 2. The third-order valence-corrected chi connectivity index (χ3v) is 8.11. The number of anilines is 1. The molecule has 1 aromatic heterocycles. The van der Waals surface area contributed by atoms with Crippen molar-refractivity contribution in [3.8, 4) is 11.5 Å². The van der Waals surface area contributed by atoms with E-state index in [0.29, 0.717) is 47.1 Å². The summed E-state index contributed by atoms with van der Waals surface area (Å²) >= 11 is 5.03. The Balaban J connectivity index is 1.61. The fourth-order valence-corrected chi connectivity index (χ4v) is 5.73. The predicted octanol–water partition coefficient (Wildman–Crippen LogP) is 5.45. The van der Waals surface area contributed by atoms with E-state index in [9.17, 15) is 4.79 Å². The first-order valence-electron chi connectivity index (χ1n) is 12.1. The Morgan fingerprint density at radius 3 is 2.70 bits per heavy atom. The summed E-state index contributed by atoms with van der Waals surface area (Å²) in [5, 5.41) is 14.9. The van der Waals surface area contributed by atoms with Gasteiger partial charge in [0.25, 0.3) is 0 Å². The van der Waals surface area contributed by atoms with Crippen molar-refractivity contribution in [1.82, 2.24) is 14.9 Å². The third-order valence-electron chi connectivity index (χ3n) is 6.14. The Morgan fingerprint density at radius 2 is 2.11 bits per heavy atom. The number of amidine groups is 1. The summed E-state index contributed by atoms with van der Waals surface area (Å²) < 4.78 is 19.3. The number of alkyl carbamates (subject to hydrolysis) is 1. The number of fused-ring (bicyclic) bond motifs is 1.